The highest BCUT2D eigenvalue weighted by molar-refractivity contribution is 4.78. The number of allylic oxidation sites excluding steroid dienone is 1. The van der Waals surface area contributed by atoms with Crippen LogP contribution >= 0.6 is 0 Å². The molecule has 0 spiro atoms. The molecule has 0 amide bonds. The Hall–Kier alpha value is -0.260. The van der Waals surface area contributed by atoms with Gasteiger partial charge in [-0.3, -0.25) is 0 Å². The van der Waals surface area contributed by atoms with Crippen molar-refractivity contribution in [3.8, 4) is 0 Å². The van der Waals surface area contributed by atoms with E-state index in [0.717, 1.165) is 0 Å². The van der Waals surface area contributed by atoms with Crippen LogP contribution in [0.2, 0.25) is 0 Å². The average molecular weight is 174 g/mol. The van der Waals surface area contributed by atoms with Crippen molar-refractivity contribution in [1.29, 1.82) is 0 Å². The van der Waals surface area contributed by atoms with E-state index in [0.29, 0.717) is 0 Å². The molecule has 0 N–H and O–H groups in total. The molecule has 78 valence electrons. The van der Waals surface area contributed by atoms with Crippen molar-refractivity contribution in [2.45, 2.75) is 68.2 Å². The summed E-state index contributed by atoms with van der Waals surface area (Å²) in [4.78, 5) is 0. The van der Waals surface area contributed by atoms with Crippen LogP contribution in [-0.2, 0) is 0 Å². The summed E-state index contributed by atoms with van der Waals surface area (Å²) in [6, 6.07) is 0. The molecule has 0 aromatic carbocycles. The van der Waals surface area contributed by atoms with Gasteiger partial charge >= 0.3 is 0 Å². The van der Waals surface area contributed by atoms with Crippen LogP contribution < -0.4 is 0 Å². The van der Waals surface area contributed by atoms with Gasteiger partial charge in [0.15, 0.2) is 0 Å². The lowest BCUT2D eigenvalue weighted by Crippen LogP contribution is -1.47. The topological polar surface area (TPSA) is 0 Å². The first-order valence-electron chi connectivity index (χ1n) is 5.27. The summed E-state index contributed by atoms with van der Waals surface area (Å²) in [5, 5.41) is 0. The third-order valence-corrected chi connectivity index (χ3v) is 0.500. The van der Waals surface area contributed by atoms with Gasteiger partial charge in [0.2, 0.25) is 0 Å². The summed E-state index contributed by atoms with van der Waals surface area (Å²) in [5.41, 5.74) is 1.17. The molecular weight excluding hydrogens is 144 g/mol. The first-order chi connectivity index (χ1) is 5.65. The summed E-state index contributed by atoms with van der Waals surface area (Å²) >= 11 is 0. The Balaban J connectivity index is -0.0000000380. The molecule has 0 saturated heterocycles. The zero-order chi connectivity index (χ0) is 11.0. The Kier molecular flexibility index (Phi) is 85.4. The molecule has 0 bridgehead atoms. The number of unbranched alkanes of at least 4 members (excludes halogenated alkanes) is 1. The maximum absolute atomic E-state index is 3.56. The minimum atomic E-state index is 1.17. The van der Waals surface area contributed by atoms with Gasteiger partial charge in [-0.15, -0.1) is 6.58 Å². The predicted molar refractivity (Wildman–Crippen MR) is 63.8 cm³/mol. The molecule has 0 aliphatic carbocycles. The van der Waals surface area contributed by atoms with E-state index in [-0.39, 0.29) is 0 Å². The number of rotatable bonds is 1. The Morgan fingerprint density at radius 2 is 0.917 bits per heavy atom. The van der Waals surface area contributed by atoms with Crippen LogP contribution in [0, 0.1) is 0 Å². The van der Waals surface area contributed by atoms with Gasteiger partial charge < -0.3 is 0 Å². The van der Waals surface area contributed by atoms with Gasteiger partial charge in [0.1, 0.15) is 0 Å². The second kappa shape index (κ2) is 45.3. The largest absolute Gasteiger partial charge is 0.100 e. The van der Waals surface area contributed by atoms with E-state index in [1.54, 1.807) is 0 Å². The SMILES string of the molecule is C=C(C)C.CC.CC.CCCC. The summed E-state index contributed by atoms with van der Waals surface area (Å²) < 4.78 is 0. The van der Waals surface area contributed by atoms with E-state index in [2.05, 4.69) is 20.4 Å². The zero-order valence-corrected chi connectivity index (χ0v) is 10.6. The lowest BCUT2D eigenvalue weighted by molar-refractivity contribution is 0.886. The van der Waals surface area contributed by atoms with Gasteiger partial charge in [-0.05, 0) is 13.8 Å². The lowest BCUT2D eigenvalue weighted by Gasteiger charge is -1.68. The number of hydrogen-bond acceptors (Lipinski definition) is 0. The molecule has 0 unspecified atom stereocenters. The first-order valence-corrected chi connectivity index (χ1v) is 5.27. The summed E-state index contributed by atoms with van der Waals surface area (Å²) in [6.07, 6.45) is 2.64. The van der Waals surface area contributed by atoms with Crippen molar-refractivity contribution in [2.75, 3.05) is 0 Å². The molecule has 0 saturated carbocycles. The van der Waals surface area contributed by atoms with E-state index in [1.165, 1.54) is 18.4 Å². The van der Waals surface area contributed by atoms with Gasteiger partial charge in [-0.2, -0.15) is 0 Å². The molecule has 0 atom stereocenters. The van der Waals surface area contributed by atoms with Crippen molar-refractivity contribution >= 4 is 0 Å². The molecule has 0 nitrogen and oxygen atoms in total. The zero-order valence-electron chi connectivity index (χ0n) is 10.6. The minimum absolute atomic E-state index is 1.17. The van der Waals surface area contributed by atoms with Crippen LogP contribution in [0.3, 0.4) is 0 Å². The van der Waals surface area contributed by atoms with Gasteiger partial charge in [-0.1, -0.05) is 60.0 Å². The molecule has 0 radical (unpaired) electrons. The summed E-state index contributed by atoms with van der Waals surface area (Å²) in [7, 11) is 0. The fourth-order valence-electron chi connectivity index (χ4n) is 0. The molecule has 0 fully saturated rings. The molecule has 0 aliphatic heterocycles. The van der Waals surface area contributed by atoms with Crippen molar-refractivity contribution in [2.24, 2.45) is 0 Å². The monoisotopic (exact) mass is 174 g/mol. The molecule has 0 heterocycles. The predicted octanol–water partition coefficient (Wildman–Crippen LogP) is 5.44. The average Bonchev–Trinajstić information content (AvgIpc) is 2.10. The quantitative estimate of drug-likeness (QED) is 0.464. The Morgan fingerprint density at radius 3 is 0.917 bits per heavy atom. The van der Waals surface area contributed by atoms with E-state index < -0.39 is 0 Å². The fourth-order valence-corrected chi connectivity index (χ4v) is 0. The number of hydrogen-bond donors (Lipinski definition) is 0. The van der Waals surface area contributed by atoms with Crippen LogP contribution in [-0.4, -0.2) is 0 Å². The van der Waals surface area contributed by atoms with Crippen molar-refractivity contribution in [3.05, 3.63) is 12.2 Å². The highest BCUT2D eigenvalue weighted by atomic mass is 13.6. The molecule has 0 aliphatic rings. The molecule has 12 heavy (non-hydrogen) atoms. The molecule has 0 rings (SSSR count). The summed E-state index contributed by atoms with van der Waals surface area (Å²) in [6.45, 7) is 19.9. The smallest absolute Gasteiger partial charge is 0.0445 e. The first kappa shape index (κ1) is 22.6. The Morgan fingerprint density at radius 1 is 0.833 bits per heavy atom. The van der Waals surface area contributed by atoms with Gasteiger partial charge in [0.05, 0.1) is 0 Å². The highest BCUT2D eigenvalue weighted by Crippen LogP contribution is 1.76. The molecule has 0 aromatic rings. The van der Waals surface area contributed by atoms with E-state index in [1.807, 2.05) is 41.5 Å². The highest BCUT2D eigenvalue weighted by Gasteiger charge is 1.56. The van der Waals surface area contributed by atoms with Crippen LogP contribution in [0.15, 0.2) is 12.2 Å². The van der Waals surface area contributed by atoms with Crippen molar-refractivity contribution in [1.82, 2.24) is 0 Å². The fraction of sp³-hybridized carbons (Fsp3) is 0.833. The lowest BCUT2D eigenvalue weighted by atomic mass is 10.4. The minimum Gasteiger partial charge on any atom is -0.100 e. The van der Waals surface area contributed by atoms with Crippen LogP contribution in [0.1, 0.15) is 68.2 Å². The summed E-state index contributed by atoms with van der Waals surface area (Å²) in [5.74, 6) is 0. The maximum Gasteiger partial charge on any atom is -0.0445 e. The third-order valence-electron chi connectivity index (χ3n) is 0.500. The van der Waals surface area contributed by atoms with Crippen LogP contribution in [0.4, 0.5) is 0 Å². The van der Waals surface area contributed by atoms with E-state index >= 15 is 0 Å². The van der Waals surface area contributed by atoms with Gasteiger partial charge in [0.25, 0.3) is 0 Å². The second-order valence-corrected chi connectivity index (χ2v) is 2.21. The van der Waals surface area contributed by atoms with E-state index in [9.17, 15) is 0 Å². The van der Waals surface area contributed by atoms with Gasteiger partial charge in [0, 0.05) is 0 Å². The van der Waals surface area contributed by atoms with Crippen LogP contribution in [0.25, 0.3) is 0 Å². The second-order valence-electron chi connectivity index (χ2n) is 2.21. The molecule has 0 aromatic heterocycles. The standard InChI is InChI=1S/C4H8.C4H10.2C2H6/c1-4(2)3;1-3-4-2;2*1-2/h1H2,2-3H3;3-4H2,1-2H3;2*1-2H3. The van der Waals surface area contributed by atoms with Crippen molar-refractivity contribution < 1.29 is 0 Å². The Bertz CT molecular complexity index is 38.0. The van der Waals surface area contributed by atoms with Gasteiger partial charge in [-0.25, -0.2) is 0 Å². The normalized spacial score (nSPS) is 5.67. The molecular formula is C12H30. The Labute approximate surface area is 81.1 Å². The third kappa shape index (κ3) is 1360. The van der Waals surface area contributed by atoms with Crippen molar-refractivity contribution in [3.63, 3.8) is 0 Å². The molecule has 0 heteroatoms. The van der Waals surface area contributed by atoms with E-state index in [4.69, 9.17) is 0 Å². The van der Waals surface area contributed by atoms with Crippen LogP contribution in [0.5, 0.6) is 0 Å². The maximum atomic E-state index is 3.56.